The molecule has 3 nitrogen and oxygen atoms in total. The van der Waals surface area contributed by atoms with Crippen molar-refractivity contribution < 1.29 is 0 Å². The minimum atomic E-state index is 0.654. The van der Waals surface area contributed by atoms with Gasteiger partial charge in [-0.15, -0.1) is 0 Å². The van der Waals surface area contributed by atoms with E-state index in [4.69, 9.17) is 23.2 Å². The van der Waals surface area contributed by atoms with Crippen LogP contribution in [0.15, 0.2) is 18.3 Å². The lowest BCUT2D eigenvalue weighted by atomic mass is 10.2. The molecule has 0 aliphatic heterocycles. The van der Waals surface area contributed by atoms with Gasteiger partial charge in [0.1, 0.15) is 0 Å². The van der Waals surface area contributed by atoms with Crippen LogP contribution in [-0.2, 0) is 0 Å². The standard InChI is InChI=1S/C12H13Cl2N3/c1-7-4-10(14)11(5-9(7)13)17-6-8(2)16-12(17)15-3/h4-6H,1-3H3,(H,15,16). The third-order valence-corrected chi connectivity index (χ3v) is 3.25. The average Bonchev–Trinajstić information content (AvgIpc) is 2.64. The Morgan fingerprint density at radius 2 is 1.88 bits per heavy atom. The molecular formula is C12H13Cl2N3. The summed E-state index contributed by atoms with van der Waals surface area (Å²) in [5, 5.41) is 4.37. The predicted molar refractivity (Wildman–Crippen MR) is 72.6 cm³/mol. The highest BCUT2D eigenvalue weighted by Gasteiger charge is 2.11. The van der Waals surface area contributed by atoms with E-state index < -0.39 is 0 Å². The maximum Gasteiger partial charge on any atom is 0.207 e. The molecule has 0 atom stereocenters. The summed E-state index contributed by atoms with van der Waals surface area (Å²) in [5.41, 5.74) is 2.71. The van der Waals surface area contributed by atoms with Crippen LogP contribution in [-0.4, -0.2) is 16.6 Å². The van der Waals surface area contributed by atoms with E-state index in [1.807, 2.05) is 43.8 Å². The monoisotopic (exact) mass is 269 g/mol. The van der Waals surface area contributed by atoms with Gasteiger partial charge in [0.15, 0.2) is 0 Å². The van der Waals surface area contributed by atoms with E-state index in [2.05, 4.69) is 10.3 Å². The van der Waals surface area contributed by atoms with E-state index >= 15 is 0 Å². The molecule has 0 bridgehead atoms. The summed E-state index contributed by atoms with van der Waals surface area (Å²) >= 11 is 12.4. The van der Waals surface area contributed by atoms with Crippen molar-refractivity contribution in [1.82, 2.24) is 9.55 Å². The first-order chi connectivity index (χ1) is 8.02. The lowest BCUT2D eigenvalue weighted by Gasteiger charge is -2.10. The second-order valence-electron chi connectivity index (χ2n) is 3.88. The molecule has 0 fully saturated rings. The van der Waals surface area contributed by atoms with Crippen LogP contribution in [0.5, 0.6) is 0 Å². The van der Waals surface area contributed by atoms with Crippen LogP contribution in [0.2, 0.25) is 10.0 Å². The second-order valence-corrected chi connectivity index (χ2v) is 4.69. The molecule has 1 heterocycles. The van der Waals surface area contributed by atoms with Crippen LogP contribution < -0.4 is 5.32 Å². The summed E-state index contributed by atoms with van der Waals surface area (Å²) in [6, 6.07) is 3.70. The minimum absolute atomic E-state index is 0.654. The van der Waals surface area contributed by atoms with Gasteiger partial charge in [-0.2, -0.15) is 0 Å². The summed E-state index contributed by atoms with van der Waals surface area (Å²) in [6.45, 7) is 3.86. The number of halogens is 2. The Labute approximate surface area is 110 Å². The van der Waals surface area contributed by atoms with E-state index in [1.54, 1.807) is 0 Å². The van der Waals surface area contributed by atoms with Crippen LogP contribution in [0.25, 0.3) is 5.69 Å². The number of nitrogens with one attached hydrogen (secondary N) is 1. The summed E-state index contributed by atoms with van der Waals surface area (Å²) in [5.74, 6) is 0.740. The number of hydrogen-bond acceptors (Lipinski definition) is 2. The zero-order valence-electron chi connectivity index (χ0n) is 9.88. The first-order valence-corrected chi connectivity index (χ1v) is 5.98. The number of aromatic nitrogens is 2. The van der Waals surface area contributed by atoms with Crippen LogP contribution in [0.4, 0.5) is 5.95 Å². The van der Waals surface area contributed by atoms with E-state index in [9.17, 15) is 0 Å². The molecular weight excluding hydrogens is 257 g/mol. The van der Waals surface area contributed by atoms with Crippen molar-refractivity contribution >= 4 is 29.2 Å². The van der Waals surface area contributed by atoms with Crippen LogP contribution >= 0.6 is 23.2 Å². The Hall–Kier alpha value is -1.19. The van der Waals surface area contributed by atoms with Crippen LogP contribution in [0.3, 0.4) is 0 Å². The van der Waals surface area contributed by atoms with E-state index in [-0.39, 0.29) is 0 Å². The van der Waals surface area contributed by atoms with Crippen molar-refractivity contribution in [2.45, 2.75) is 13.8 Å². The molecule has 0 saturated carbocycles. The van der Waals surface area contributed by atoms with Crippen molar-refractivity contribution in [3.8, 4) is 5.69 Å². The predicted octanol–water partition coefficient (Wildman–Crippen LogP) is 3.84. The molecule has 5 heteroatoms. The Morgan fingerprint density at radius 3 is 2.53 bits per heavy atom. The summed E-state index contributed by atoms with van der Waals surface area (Å²) < 4.78 is 1.89. The Bertz CT molecular complexity index is 561. The maximum atomic E-state index is 6.24. The molecule has 2 aromatic rings. The first-order valence-electron chi connectivity index (χ1n) is 5.22. The van der Waals surface area contributed by atoms with Gasteiger partial charge in [0, 0.05) is 18.3 Å². The molecule has 2 rings (SSSR count). The largest absolute Gasteiger partial charge is 0.358 e. The molecule has 0 aliphatic rings. The van der Waals surface area contributed by atoms with Gasteiger partial charge in [0.2, 0.25) is 5.95 Å². The van der Waals surface area contributed by atoms with E-state index in [0.717, 1.165) is 22.9 Å². The number of anilines is 1. The number of hydrogen-bond donors (Lipinski definition) is 1. The molecule has 90 valence electrons. The number of imidazole rings is 1. The number of aryl methyl sites for hydroxylation is 2. The Balaban J connectivity index is 2.63. The van der Waals surface area contributed by atoms with Crippen molar-refractivity contribution in [1.29, 1.82) is 0 Å². The molecule has 1 aromatic heterocycles. The van der Waals surface area contributed by atoms with Crippen LogP contribution in [0.1, 0.15) is 11.3 Å². The molecule has 0 amide bonds. The SMILES string of the molecule is CNc1nc(C)cn1-c1cc(Cl)c(C)cc1Cl. The normalized spacial score (nSPS) is 10.6. The molecule has 1 aromatic carbocycles. The highest BCUT2D eigenvalue weighted by atomic mass is 35.5. The highest BCUT2D eigenvalue weighted by molar-refractivity contribution is 6.35. The average molecular weight is 270 g/mol. The Morgan fingerprint density at radius 1 is 1.18 bits per heavy atom. The topological polar surface area (TPSA) is 29.9 Å². The van der Waals surface area contributed by atoms with Crippen LogP contribution in [0, 0.1) is 13.8 Å². The first kappa shape index (κ1) is 12.3. The summed E-state index contributed by atoms with van der Waals surface area (Å²) in [7, 11) is 1.82. The van der Waals surface area contributed by atoms with Gasteiger partial charge in [0.25, 0.3) is 0 Å². The smallest absolute Gasteiger partial charge is 0.207 e. The number of rotatable bonds is 2. The van der Waals surface area contributed by atoms with Gasteiger partial charge in [-0.3, -0.25) is 4.57 Å². The summed E-state index contributed by atoms with van der Waals surface area (Å²) in [4.78, 5) is 4.35. The van der Waals surface area contributed by atoms with Gasteiger partial charge in [-0.25, -0.2) is 4.98 Å². The van der Waals surface area contributed by atoms with Crippen molar-refractivity contribution in [2.24, 2.45) is 0 Å². The Kier molecular flexibility index (Phi) is 3.31. The lowest BCUT2D eigenvalue weighted by molar-refractivity contribution is 1.05. The second kappa shape index (κ2) is 4.59. The number of benzene rings is 1. The van der Waals surface area contributed by atoms with Gasteiger partial charge >= 0.3 is 0 Å². The van der Waals surface area contributed by atoms with Gasteiger partial charge in [-0.05, 0) is 31.5 Å². The fourth-order valence-corrected chi connectivity index (χ4v) is 2.15. The van der Waals surface area contributed by atoms with E-state index in [0.29, 0.717) is 10.0 Å². The molecule has 0 aliphatic carbocycles. The molecule has 0 radical (unpaired) electrons. The third kappa shape index (κ3) is 2.26. The molecule has 17 heavy (non-hydrogen) atoms. The minimum Gasteiger partial charge on any atom is -0.358 e. The van der Waals surface area contributed by atoms with Gasteiger partial charge < -0.3 is 5.32 Å². The van der Waals surface area contributed by atoms with Crippen molar-refractivity contribution in [3.05, 3.63) is 39.6 Å². The molecule has 1 N–H and O–H groups in total. The zero-order valence-corrected chi connectivity index (χ0v) is 11.4. The lowest BCUT2D eigenvalue weighted by Crippen LogP contribution is -2.01. The molecule has 0 saturated heterocycles. The fraction of sp³-hybridized carbons (Fsp3) is 0.250. The molecule has 0 unspecified atom stereocenters. The van der Waals surface area contributed by atoms with Crippen molar-refractivity contribution in [3.63, 3.8) is 0 Å². The highest BCUT2D eigenvalue weighted by Crippen LogP contribution is 2.29. The van der Waals surface area contributed by atoms with Gasteiger partial charge in [-0.1, -0.05) is 23.2 Å². The number of nitrogens with zero attached hydrogens (tertiary/aromatic N) is 2. The van der Waals surface area contributed by atoms with Crippen molar-refractivity contribution in [2.75, 3.05) is 12.4 Å². The fourth-order valence-electron chi connectivity index (χ4n) is 1.68. The summed E-state index contributed by atoms with van der Waals surface area (Å²) in [6.07, 6.45) is 1.92. The quantitative estimate of drug-likeness (QED) is 0.898. The maximum absolute atomic E-state index is 6.24. The van der Waals surface area contributed by atoms with E-state index in [1.165, 1.54) is 0 Å². The zero-order chi connectivity index (χ0) is 12.6. The third-order valence-electron chi connectivity index (χ3n) is 2.54. The molecule has 0 spiro atoms. The van der Waals surface area contributed by atoms with Gasteiger partial charge in [0.05, 0.1) is 16.4 Å².